The van der Waals surface area contributed by atoms with Crippen molar-refractivity contribution in [2.24, 2.45) is 0 Å². The van der Waals surface area contributed by atoms with Crippen LogP contribution in [0.3, 0.4) is 0 Å². The van der Waals surface area contributed by atoms with Crippen LogP contribution in [0.4, 0.5) is 8.78 Å². The summed E-state index contributed by atoms with van der Waals surface area (Å²) < 4.78 is 33.5. The van der Waals surface area contributed by atoms with Gasteiger partial charge in [-0.05, 0) is 17.7 Å². The Morgan fingerprint density at radius 3 is 2.74 bits per heavy atom. The zero-order valence-corrected chi connectivity index (χ0v) is 10.7. The average Bonchev–Trinajstić information content (AvgIpc) is 2.35. The molecule has 1 aromatic rings. The SMILES string of the molecule is COc1cc(C=CCNC(C)=O)ccc1OC(F)F. The molecule has 0 aliphatic carbocycles. The molecule has 0 saturated heterocycles. The number of methoxy groups -OCH3 is 1. The Kier molecular flexibility index (Phi) is 5.78. The number of hydrogen-bond acceptors (Lipinski definition) is 3. The van der Waals surface area contributed by atoms with Crippen LogP contribution in [-0.2, 0) is 4.79 Å². The quantitative estimate of drug-likeness (QED) is 0.864. The van der Waals surface area contributed by atoms with E-state index in [1.165, 1.54) is 20.1 Å². The fourth-order valence-corrected chi connectivity index (χ4v) is 1.38. The van der Waals surface area contributed by atoms with Crippen molar-refractivity contribution in [3.8, 4) is 11.5 Å². The van der Waals surface area contributed by atoms with Gasteiger partial charge in [0.15, 0.2) is 11.5 Å². The summed E-state index contributed by atoms with van der Waals surface area (Å²) in [6, 6.07) is 4.59. The highest BCUT2D eigenvalue weighted by molar-refractivity contribution is 5.73. The molecule has 0 saturated carbocycles. The van der Waals surface area contributed by atoms with Crippen molar-refractivity contribution < 1.29 is 23.0 Å². The molecule has 0 bridgehead atoms. The molecule has 0 unspecified atom stereocenters. The molecule has 0 aliphatic rings. The molecule has 0 spiro atoms. The first-order valence-electron chi connectivity index (χ1n) is 5.56. The van der Waals surface area contributed by atoms with Crippen molar-refractivity contribution in [2.75, 3.05) is 13.7 Å². The summed E-state index contributed by atoms with van der Waals surface area (Å²) in [7, 11) is 1.37. The topological polar surface area (TPSA) is 47.6 Å². The van der Waals surface area contributed by atoms with Crippen LogP contribution in [0.5, 0.6) is 11.5 Å². The van der Waals surface area contributed by atoms with E-state index in [1.54, 1.807) is 24.3 Å². The summed E-state index contributed by atoms with van der Waals surface area (Å²) in [5, 5.41) is 2.60. The first-order chi connectivity index (χ1) is 9.02. The first-order valence-corrected chi connectivity index (χ1v) is 5.56. The lowest BCUT2D eigenvalue weighted by atomic mass is 10.2. The van der Waals surface area contributed by atoms with E-state index >= 15 is 0 Å². The van der Waals surface area contributed by atoms with Crippen LogP contribution in [-0.4, -0.2) is 26.2 Å². The van der Waals surface area contributed by atoms with E-state index in [9.17, 15) is 13.6 Å². The number of carbonyl (C=O) groups is 1. The predicted molar refractivity (Wildman–Crippen MR) is 67.3 cm³/mol. The van der Waals surface area contributed by atoms with Crippen molar-refractivity contribution in [1.29, 1.82) is 0 Å². The lowest BCUT2D eigenvalue weighted by Gasteiger charge is -2.10. The van der Waals surface area contributed by atoms with Gasteiger partial charge < -0.3 is 14.8 Å². The Labute approximate surface area is 110 Å². The maximum atomic E-state index is 12.1. The number of nitrogens with one attached hydrogen (secondary N) is 1. The van der Waals surface area contributed by atoms with Crippen molar-refractivity contribution >= 4 is 12.0 Å². The maximum Gasteiger partial charge on any atom is 0.387 e. The molecule has 0 aliphatic heterocycles. The van der Waals surface area contributed by atoms with Gasteiger partial charge in [-0.3, -0.25) is 4.79 Å². The highest BCUT2D eigenvalue weighted by Gasteiger charge is 2.10. The van der Waals surface area contributed by atoms with E-state index in [0.717, 1.165) is 5.56 Å². The lowest BCUT2D eigenvalue weighted by molar-refractivity contribution is -0.118. The van der Waals surface area contributed by atoms with Crippen molar-refractivity contribution in [3.05, 3.63) is 29.8 Å². The zero-order valence-electron chi connectivity index (χ0n) is 10.7. The number of alkyl halides is 2. The highest BCUT2D eigenvalue weighted by Crippen LogP contribution is 2.29. The minimum Gasteiger partial charge on any atom is -0.493 e. The van der Waals surface area contributed by atoms with E-state index in [1.807, 2.05) is 0 Å². The van der Waals surface area contributed by atoms with E-state index in [2.05, 4.69) is 10.1 Å². The largest absolute Gasteiger partial charge is 0.493 e. The van der Waals surface area contributed by atoms with Crippen molar-refractivity contribution in [2.45, 2.75) is 13.5 Å². The summed E-state index contributed by atoms with van der Waals surface area (Å²) in [6.07, 6.45) is 3.48. The summed E-state index contributed by atoms with van der Waals surface area (Å²) in [6.45, 7) is -1.07. The van der Waals surface area contributed by atoms with E-state index in [0.29, 0.717) is 6.54 Å². The van der Waals surface area contributed by atoms with Crippen LogP contribution in [0.15, 0.2) is 24.3 Å². The van der Waals surface area contributed by atoms with Gasteiger partial charge in [0.2, 0.25) is 5.91 Å². The van der Waals surface area contributed by atoms with Crippen LogP contribution in [0.25, 0.3) is 6.08 Å². The number of ether oxygens (including phenoxy) is 2. The van der Waals surface area contributed by atoms with Gasteiger partial charge in [0, 0.05) is 13.5 Å². The molecule has 1 aromatic carbocycles. The van der Waals surface area contributed by atoms with E-state index < -0.39 is 6.61 Å². The fourth-order valence-electron chi connectivity index (χ4n) is 1.38. The van der Waals surface area contributed by atoms with E-state index in [4.69, 9.17) is 4.74 Å². The number of benzene rings is 1. The normalized spacial score (nSPS) is 10.8. The molecule has 0 fully saturated rings. The molecule has 0 radical (unpaired) electrons. The third-order valence-corrected chi connectivity index (χ3v) is 2.18. The number of carbonyl (C=O) groups excluding carboxylic acids is 1. The second-order valence-corrected chi connectivity index (χ2v) is 3.63. The fraction of sp³-hybridized carbons (Fsp3) is 0.308. The smallest absolute Gasteiger partial charge is 0.387 e. The minimum absolute atomic E-state index is 0.0171. The van der Waals surface area contributed by atoms with Crippen LogP contribution < -0.4 is 14.8 Å². The van der Waals surface area contributed by atoms with Crippen LogP contribution in [0, 0.1) is 0 Å². The summed E-state index contributed by atoms with van der Waals surface area (Å²) in [5.74, 6) is 0.0846. The monoisotopic (exact) mass is 271 g/mol. The standard InChI is InChI=1S/C13H15F2NO3/c1-9(17)16-7-3-4-10-5-6-11(19-13(14)15)12(8-10)18-2/h3-6,8,13H,7H2,1-2H3,(H,16,17). The Bertz CT molecular complexity index is 461. The van der Waals surface area contributed by atoms with Gasteiger partial charge in [-0.15, -0.1) is 0 Å². The molecule has 104 valence electrons. The highest BCUT2D eigenvalue weighted by atomic mass is 19.3. The Morgan fingerprint density at radius 1 is 1.42 bits per heavy atom. The number of amides is 1. The van der Waals surface area contributed by atoms with Gasteiger partial charge in [-0.2, -0.15) is 8.78 Å². The minimum atomic E-state index is -2.89. The predicted octanol–water partition coefficient (Wildman–Crippen LogP) is 2.45. The van der Waals surface area contributed by atoms with Gasteiger partial charge in [0.1, 0.15) is 0 Å². The molecule has 0 heterocycles. The van der Waals surface area contributed by atoms with Crippen molar-refractivity contribution in [1.82, 2.24) is 5.32 Å². The summed E-state index contributed by atoms with van der Waals surface area (Å²) >= 11 is 0. The second kappa shape index (κ2) is 7.35. The third kappa shape index (κ3) is 5.37. The molecule has 0 aromatic heterocycles. The summed E-state index contributed by atoms with van der Waals surface area (Å²) in [5.41, 5.74) is 0.754. The molecule has 1 rings (SSSR count). The molecule has 19 heavy (non-hydrogen) atoms. The molecule has 0 atom stereocenters. The Balaban J connectivity index is 2.73. The number of rotatable bonds is 6. The van der Waals surface area contributed by atoms with Gasteiger partial charge in [0.05, 0.1) is 7.11 Å². The van der Waals surface area contributed by atoms with Crippen LogP contribution in [0.2, 0.25) is 0 Å². The average molecular weight is 271 g/mol. The Hall–Kier alpha value is -2.11. The molecular formula is C13H15F2NO3. The maximum absolute atomic E-state index is 12.1. The Morgan fingerprint density at radius 2 is 2.16 bits per heavy atom. The molecular weight excluding hydrogens is 256 g/mol. The van der Waals surface area contributed by atoms with Gasteiger partial charge in [0.25, 0.3) is 0 Å². The van der Waals surface area contributed by atoms with Gasteiger partial charge in [-0.25, -0.2) is 0 Å². The first kappa shape index (κ1) is 14.9. The van der Waals surface area contributed by atoms with Gasteiger partial charge in [-0.1, -0.05) is 18.2 Å². The number of halogens is 2. The van der Waals surface area contributed by atoms with Crippen LogP contribution in [0.1, 0.15) is 12.5 Å². The lowest BCUT2D eigenvalue weighted by Crippen LogP contribution is -2.19. The van der Waals surface area contributed by atoms with Crippen LogP contribution >= 0.6 is 0 Å². The number of hydrogen-bond donors (Lipinski definition) is 1. The zero-order chi connectivity index (χ0) is 14.3. The molecule has 1 amide bonds. The van der Waals surface area contributed by atoms with Crippen molar-refractivity contribution in [3.63, 3.8) is 0 Å². The van der Waals surface area contributed by atoms with E-state index in [-0.39, 0.29) is 17.4 Å². The summed E-state index contributed by atoms with van der Waals surface area (Å²) in [4.78, 5) is 10.7. The molecule has 4 nitrogen and oxygen atoms in total. The third-order valence-electron chi connectivity index (χ3n) is 2.18. The molecule has 6 heteroatoms. The molecule has 1 N–H and O–H groups in total. The second-order valence-electron chi connectivity index (χ2n) is 3.63. The van der Waals surface area contributed by atoms with Gasteiger partial charge >= 0.3 is 6.61 Å².